The average Bonchev–Trinajstić information content (AvgIpc) is 2.09. The average molecular weight is 171 g/mol. The van der Waals surface area contributed by atoms with Gasteiger partial charge in [-0.1, -0.05) is 0 Å². The maximum atomic E-state index is 9.72. The largest absolute Gasteiger partial charge is 0.399 e. The molecule has 0 amide bonds. The molecule has 0 spiro atoms. The molecule has 4 heteroatoms. The molecule has 0 radical (unpaired) electrons. The third-order valence-corrected chi connectivity index (χ3v) is 1.85. The molecule has 2 atom stereocenters. The highest BCUT2D eigenvalue weighted by molar-refractivity contribution is 5.27. The zero-order chi connectivity index (χ0) is 9.19. The Kier molecular flexibility index (Phi) is 2.52. The van der Waals surface area contributed by atoms with Gasteiger partial charge in [-0.2, -0.15) is 0 Å². The summed E-state index contributed by atoms with van der Waals surface area (Å²) in [6.07, 6.45) is 4.10. The Morgan fingerprint density at radius 2 is 2.25 bits per heavy atom. The van der Waals surface area contributed by atoms with Crippen molar-refractivity contribution in [3.63, 3.8) is 0 Å². The molecule has 3 N–H and O–H groups in total. The second kappa shape index (κ2) is 3.26. The van der Waals surface area contributed by atoms with Gasteiger partial charge >= 0.3 is 0 Å². The van der Waals surface area contributed by atoms with Crippen molar-refractivity contribution in [2.75, 3.05) is 14.2 Å². The third kappa shape index (κ3) is 1.50. The smallest absolute Gasteiger partial charge is 0.216 e. The first kappa shape index (κ1) is 9.25. The molecule has 1 aliphatic rings. The van der Waals surface area contributed by atoms with Crippen molar-refractivity contribution in [3.05, 3.63) is 23.9 Å². The van der Waals surface area contributed by atoms with Crippen molar-refractivity contribution >= 4 is 0 Å². The van der Waals surface area contributed by atoms with Crippen LogP contribution in [0.2, 0.25) is 0 Å². The van der Waals surface area contributed by atoms with Crippen LogP contribution in [0.4, 0.5) is 0 Å². The van der Waals surface area contributed by atoms with Crippen LogP contribution in [-0.4, -0.2) is 31.2 Å². The lowest BCUT2D eigenvalue weighted by Gasteiger charge is -2.31. The Morgan fingerprint density at radius 1 is 1.58 bits per heavy atom. The van der Waals surface area contributed by atoms with Crippen LogP contribution < -0.4 is 5.73 Å². The van der Waals surface area contributed by atoms with E-state index in [0.717, 1.165) is 0 Å². The van der Waals surface area contributed by atoms with E-state index in [1.165, 1.54) is 20.3 Å². The molecule has 2 unspecified atom stereocenters. The second-order valence-electron chi connectivity index (χ2n) is 2.61. The van der Waals surface area contributed by atoms with Gasteiger partial charge < -0.3 is 20.3 Å². The number of hydrogen-bond donors (Lipinski definition) is 2. The van der Waals surface area contributed by atoms with Crippen molar-refractivity contribution in [1.29, 1.82) is 0 Å². The summed E-state index contributed by atoms with van der Waals surface area (Å²) in [4.78, 5) is 0. The Bertz CT molecular complexity index is 224. The lowest BCUT2D eigenvalue weighted by atomic mass is 10.0. The Morgan fingerprint density at radius 3 is 2.75 bits per heavy atom. The summed E-state index contributed by atoms with van der Waals surface area (Å²) in [6, 6.07) is 0. The molecule has 0 saturated carbocycles. The molecule has 0 aromatic carbocycles. The molecule has 0 aliphatic heterocycles. The number of aliphatic hydroxyl groups is 1. The van der Waals surface area contributed by atoms with Crippen LogP contribution in [0.15, 0.2) is 23.9 Å². The molecule has 0 aromatic rings. The predicted octanol–water partition coefficient (Wildman–Crippen LogP) is -0.251. The number of hydrogen-bond acceptors (Lipinski definition) is 4. The number of methoxy groups -OCH3 is 2. The van der Waals surface area contributed by atoms with Crippen molar-refractivity contribution < 1.29 is 14.6 Å². The number of rotatable bonds is 2. The molecular formula is C8H13NO3. The van der Waals surface area contributed by atoms with Crippen LogP contribution in [0.3, 0.4) is 0 Å². The first-order chi connectivity index (χ1) is 5.62. The van der Waals surface area contributed by atoms with E-state index in [9.17, 15) is 5.11 Å². The standard InChI is InChI=1S/C8H13NO3/c1-11-7-5-6(9)3-4-8(7,10)12-2/h3-5,7,10H,9H2,1-2H3. The van der Waals surface area contributed by atoms with E-state index >= 15 is 0 Å². The van der Waals surface area contributed by atoms with Crippen LogP contribution >= 0.6 is 0 Å². The molecule has 0 aromatic heterocycles. The molecule has 68 valence electrons. The van der Waals surface area contributed by atoms with Gasteiger partial charge in [0.05, 0.1) is 0 Å². The van der Waals surface area contributed by atoms with Gasteiger partial charge in [0.15, 0.2) is 0 Å². The van der Waals surface area contributed by atoms with Crippen LogP contribution in [0.1, 0.15) is 0 Å². The lowest BCUT2D eigenvalue weighted by Crippen LogP contribution is -2.44. The van der Waals surface area contributed by atoms with Gasteiger partial charge in [-0.3, -0.25) is 0 Å². The maximum absolute atomic E-state index is 9.72. The second-order valence-corrected chi connectivity index (χ2v) is 2.61. The van der Waals surface area contributed by atoms with E-state index < -0.39 is 11.9 Å². The van der Waals surface area contributed by atoms with Crippen LogP contribution in [0, 0.1) is 0 Å². The molecule has 4 nitrogen and oxygen atoms in total. The highest BCUT2D eigenvalue weighted by atomic mass is 16.6. The van der Waals surface area contributed by atoms with Gasteiger partial charge in [-0.05, 0) is 18.2 Å². The van der Waals surface area contributed by atoms with Gasteiger partial charge in [0.2, 0.25) is 5.79 Å². The molecule has 1 rings (SSSR count). The summed E-state index contributed by atoms with van der Waals surface area (Å²) in [7, 11) is 2.89. The fraction of sp³-hybridized carbons (Fsp3) is 0.500. The van der Waals surface area contributed by atoms with Crippen LogP contribution in [-0.2, 0) is 9.47 Å². The van der Waals surface area contributed by atoms with Gasteiger partial charge in [0.1, 0.15) is 6.10 Å². The molecule has 0 saturated heterocycles. The van der Waals surface area contributed by atoms with Crippen molar-refractivity contribution in [3.8, 4) is 0 Å². The SMILES string of the molecule is COC1C=C(N)C=CC1(O)OC. The zero-order valence-corrected chi connectivity index (χ0v) is 7.15. The minimum atomic E-state index is -1.39. The number of ether oxygens (including phenoxy) is 2. The number of nitrogens with two attached hydrogens (primary N) is 1. The molecule has 0 heterocycles. The monoisotopic (exact) mass is 171 g/mol. The lowest BCUT2D eigenvalue weighted by molar-refractivity contribution is -0.203. The van der Waals surface area contributed by atoms with Crippen molar-refractivity contribution in [1.82, 2.24) is 0 Å². The first-order valence-electron chi connectivity index (χ1n) is 3.59. The summed E-state index contributed by atoms with van der Waals surface area (Å²) >= 11 is 0. The maximum Gasteiger partial charge on any atom is 0.216 e. The third-order valence-electron chi connectivity index (χ3n) is 1.85. The fourth-order valence-electron chi connectivity index (χ4n) is 1.08. The molecule has 1 aliphatic carbocycles. The van der Waals surface area contributed by atoms with Gasteiger partial charge in [-0.25, -0.2) is 0 Å². The first-order valence-corrected chi connectivity index (χ1v) is 3.59. The van der Waals surface area contributed by atoms with Crippen LogP contribution in [0.5, 0.6) is 0 Å². The van der Waals surface area contributed by atoms with Gasteiger partial charge in [0.25, 0.3) is 0 Å². The molecule has 0 bridgehead atoms. The summed E-state index contributed by atoms with van der Waals surface area (Å²) in [5, 5.41) is 9.72. The van der Waals surface area contributed by atoms with E-state index in [-0.39, 0.29) is 0 Å². The highest BCUT2D eigenvalue weighted by Gasteiger charge is 2.35. The molecule has 12 heavy (non-hydrogen) atoms. The predicted molar refractivity (Wildman–Crippen MR) is 44.2 cm³/mol. The Labute approximate surface area is 71.3 Å². The van der Waals surface area contributed by atoms with E-state index in [4.69, 9.17) is 15.2 Å². The topological polar surface area (TPSA) is 64.7 Å². The minimum absolute atomic E-state index is 0.549. The summed E-state index contributed by atoms with van der Waals surface area (Å²) in [6.45, 7) is 0. The minimum Gasteiger partial charge on any atom is -0.399 e. The Hall–Kier alpha value is -0.840. The normalized spacial score (nSPS) is 34.9. The zero-order valence-electron chi connectivity index (χ0n) is 7.15. The summed E-state index contributed by atoms with van der Waals surface area (Å²) < 4.78 is 9.86. The van der Waals surface area contributed by atoms with Crippen molar-refractivity contribution in [2.45, 2.75) is 11.9 Å². The summed E-state index contributed by atoms with van der Waals surface area (Å²) in [5.74, 6) is -1.39. The fourth-order valence-corrected chi connectivity index (χ4v) is 1.08. The Balaban J connectivity index is 2.86. The molecular weight excluding hydrogens is 158 g/mol. The van der Waals surface area contributed by atoms with Crippen LogP contribution in [0.25, 0.3) is 0 Å². The molecule has 0 fully saturated rings. The quantitative estimate of drug-likeness (QED) is 0.562. The van der Waals surface area contributed by atoms with E-state index in [2.05, 4.69) is 0 Å². The van der Waals surface area contributed by atoms with E-state index in [1.54, 1.807) is 12.2 Å². The van der Waals surface area contributed by atoms with Crippen molar-refractivity contribution in [2.24, 2.45) is 5.73 Å². The van der Waals surface area contributed by atoms with E-state index in [1.807, 2.05) is 0 Å². The highest BCUT2D eigenvalue weighted by Crippen LogP contribution is 2.22. The summed E-state index contributed by atoms with van der Waals surface area (Å²) in [5.41, 5.74) is 6.06. The van der Waals surface area contributed by atoms with Gasteiger partial charge in [-0.15, -0.1) is 0 Å². The van der Waals surface area contributed by atoms with E-state index in [0.29, 0.717) is 5.70 Å². The van der Waals surface area contributed by atoms with Gasteiger partial charge in [0, 0.05) is 19.9 Å². The number of allylic oxidation sites excluding steroid dienone is 1.